The first-order chi connectivity index (χ1) is 16.8. The highest BCUT2D eigenvalue weighted by molar-refractivity contribution is 6.41. The number of hydrogen-bond donors (Lipinski definition) is 4. The molecule has 1 aromatic carbocycles. The lowest BCUT2D eigenvalue weighted by molar-refractivity contribution is 0.168. The van der Waals surface area contributed by atoms with Crippen molar-refractivity contribution in [1.29, 1.82) is 0 Å². The average Bonchev–Trinajstić information content (AvgIpc) is 3.28. The quantitative estimate of drug-likeness (QED) is 0.261. The van der Waals surface area contributed by atoms with Crippen molar-refractivity contribution in [3.05, 3.63) is 51.4 Å². The first-order valence-electron chi connectivity index (χ1n) is 10.8. The molecule has 2 aromatic heterocycles. The molecule has 10 nitrogen and oxygen atoms in total. The van der Waals surface area contributed by atoms with Crippen LogP contribution in [-0.4, -0.2) is 65.3 Å². The third-order valence-electron chi connectivity index (χ3n) is 5.93. The van der Waals surface area contributed by atoms with Crippen molar-refractivity contribution in [3.8, 4) is 22.6 Å². The summed E-state index contributed by atoms with van der Waals surface area (Å²) < 4.78 is 12.1. The molecule has 0 aliphatic carbocycles. The van der Waals surface area contributed by atoms with Crippen molar-refractivity contribution in [2.75, 3.05) is 32.6 Å². The molecule has 0 radical (unpaired) electrons. The van der Waals surface area contributed by atoms with Crippen LogP contribution in [0.4, 0.5) is 5.95 Å². The van der Waals surface area contributed by atoms with Gasteiger partial charge >= 0.3 is 0 Å². The predicted octanol–water partition coefficient (Wildman–Crippen LogP) is 2.17. The third kappa shape index (κ3) is 4.80. The van der Waals surface area contributed by atoms with Crippen LogP contribution in [-0.2, 0) is 7.05 Å². The average molecular weight is 521 g/mol. The SMILES string of the molecule is C=CC(O)NC1CNCC1Nc1ncc2cc(-c3c(Cl)c(OC)cc(OC)c3Cl)c(=O)n(C)c2n1. The summed E-state index contributed by atoms with van der Waals surface area (Å²) in [6.07, 6.45) is 2.22. The number of fused-ring (bicyclic) bond motifs is 1. The molecule has 1 aliphatic rings. The maximum absolute atomic E-state index is 13.4. The van der Waals surface area contributed by atoms with Gasteiger partial charge in [0.15, 0.2) is 0 Å². The van der Waals surface area contributed by atoms with Crippen molar-refractivity contribution in [3.63, 3.8) is 0 Å². The van der Waals surface area contributed by atoms with Crippen LogP contribution in [0.15, 0.2) is 35.8 Å². The number of nitrogens with zero attached hydrogens (tertiary/aromatic N) is 3. The molecule has 12 heteroatoms. The molecule has 3 unspecified atom stereocenters. The molecule has 0 saturated carbocycles. The Morgan fingerprint density at radius 3 is 2.51 bits per heavy atom. The lowest BCUT2D eigenvalue weighted by Gasteiger charge is -2.23. The molecule has 4 rings (SSSR count). The molecule has 1 saturated heterocycles. The highest BCUT2D eigenvalue weighted by Crippen LogP contribution is 2.45. The molecule has 3 atom stereocenters. The summed E-state index contributed by atoms with van der Waals surface area (Å²) in [7, 11) is 4.56. The molecule has 3 aromatic rings. The summed E-state index contributed by atoms with van der Waals surface area (Å²) in [5, 5.41) is 20.5. The van der Waals surface area contributed by atoms with Crippen LogP contribution in [0.3, 0.4) is 0 Å². The number of halogens is 2. The molecule has 0 amide bonds. The number of rotatable bonds is 8. The van der Waals surface area contributed by atoms with Crippen LogP contribution in [0.2, 0.25) is 10.0 Å². The highest BCUT2D eigenvalue weighted by Gasteiger charge is 2.29. The topological polar surface area (TPSA) is 123 Å². The minimum Gasteiger partial charge on any atom is -0.495 e. The van der Waals surface area contributed by atoms with Crippen LogP contribution in [0, 0.1) is 0 Å². The van der Waals surface area contributed by atoms with Crippen molar-refractivity contribution < 1.29 is 14.6 Å². The minimum atomic E-state index is -0.824. The number of anilines is 1. The minimum absolute atomic E-state index is 0.0687. The number of nitrogens with one attached hydrogen (secondary N) is 3. The molecule has 1 fully saturated rings. The van der Waals surface area contributed by atoms with E-state index in [4.69, 9.17) is 32.7 Å². The monoisotopic (exact) mass is 520 g/mol. The maximum Gasteiger partial charge on any atom is 0.259 e. The van der Waals surface area contributed by atoms with Crippen molar-refractivity contribution >= 4 is 40.2 Å². The van der Waals surface area contributed by atoms with Crippen LogP contribution in [0.1, 0.15) is 0 Å². The van der Waals surface area contributed by atoms with Gasteiger partial charge in [0.25, 0.3) is 5.56 Å². The van der Waals surface area contributed by atoms with E-state index >= 15 is 0 Å². The van der Waals surface area contributed by atoms with Gasteiger partial charge in [0.05, 0.1) is 35.9 Å². The van der Waals surface area contributed by atoms with Gasteiger partial charge < -0.3 is 25.2 Å². The second-order valence-electron chi connectivity index (χ2n) is 8.04. The standard InChI is InChI=1S/C23H26Cl2N6O4/c1-5-17(32)28-13-9-26-10-14(13)29-23-27-8-11-6-12(22(33)31(2)21(11)30-23)18-19(24)15(34-3)7-16(35-4)20(18)25/h5-8,13-14,17,26,28,32H,1,9-10H2,2-4H3,(H,27,29,30). The van der Waals surface area contributed by atoms with E-state index < -0.39 is 6.23 Å². The van der Waals surface area contributed by atoms with E-state index in [0.29, 0.717) is 47.1 Å². The fraction of sp³-hybridized carbons (Fsp3) is 0.348. The van der Waals surface area contributed by atoms with Crippen LogP contribution in [0.5, 0.6) is 11.5 Å². The molecular formula is C23H26Cl2N6O4. The Hall–Kier alpha value is -2.89. The maximum atomic E-state index is 13.4. The number of benzene rings is 1. The van der Waals surface area contributed by atoms with Gasteiger partial charge in [-0.2, -0.15) is 4.98 Å². The number of ether oxygens (including phenoxy) is 2. The van der Waals surface area contributed by atoms with Crippen LogP contribution in [0.25, 0.3) is 22.2 Å². The smallest absolute Gasteiger partial charge is 0.259 e. The zero-order valence-corrected chi connectivity index (χ0v) is 20.9. The number of methoxy groups -OCH3 is 2. The van der Waals surface area contributed by atoms with E-state index in [1.165, 1.54) is 24.9 Å². The largest absolute Gasteiger partial charge is 0.495 e. The highest BCUT2D eigenvalue weighted by atomic mass is 35.5. The number of aliphatic hydroxyl groups is 1. The van der Waals surface area contributed by atoms with Gasteiger partial charge in [0.2, 0.25) is 5.95 Å². The molecular weight excluding hydrogens is 495 g/mol. The summed E-state index contributed by atoms with van der Waals surface area (Å²) in [5.41, 5.74) is 0.650. The fourth-order valence-electron chi connectivity index (χ4n) is 4.08. The molecule has 0 bridgehead atoms. The molecule has 186 valence electrons. The summed E-state index contributed by atoms with van der Waals surface area (Å²) >= 11 is 13.1. The van der Waals surface area contributed by atoms with Gasteiger partial charge in [0, 0.05) is 49.4 Å². The van der Waals surface area contributed by atoms with E-state index in [1.54, 1.807) is 25.4 Å². The molecule has 3 heterocycles. The van der Waals surface area contributed by atoms with Gasteiger partial charge in [-0.3, -0.25) is 14.7 Å². The van der Waals surface area contributed by atoms with Gasteiger partial charge in [-0.25, -0.2) is 4.98 Å². The number of hydrogen-bond acceptors (Lipinski definition) is 9. The number of pyridine rings is 1. The second-order valence-corrected chi connectivity index (χ2v) is 8.80. The van der Waals surface area contributed by atoms with Gasteiger partial charge in [-0.15, -0.1) is 0 Å². The van der Waals surface area contributed by atoms with Gasteiger partial charge in [0.1, 0.15) is 23.4 Å². The lowest BCUT2D eigenvalue weighted by atomic mass is 10.0. The van der Waals surface area contributed by atoms with Crippen LogP contribution < -0.4 is 31.0 Å². The van der Waals surface area contributed by atoms with E-state index in [9.17, 15) is 9.90 Å². The van der Waals surface area contributed by atoms with Gasteiger partial charge in [-0.1, -0.05) is 29.8 Å². The van der Waals surface area contributed by atoms with E-state index in [1.807, 2.05) is 0 Å². The lowest BCUT2D eigenvalue weighted by Crippen LogP contribution is -2.47. The normalized spacial score (nSPS) is 18.5. The molecule has 1 aliphatic heterocycles. The molecule has 4 N–H and O–H groups in total. The summed E-state index contributed by atoms with van der Waals surface area (Å²) in [5.74, 6) is 1.01. The van der Waals surface area contributed by atoms with E-state index in [0.717, 1.165) is 0 Å². The zero-order chi connectivity index (χ0) is 25.3. The third-order valence-corrected chi connectivity index (χ3v) is 6.68. The Balaban J connectivity index is 1.74. The predicted molar refractivity (Wildman–Crippen MR) is 137 cm³/mol. The van der Waals surface area contributed by atoms with Gasteiger partial charge in [-0.05, 0) is 12.1 Å². The summed E-state index contributed by atoms with van der Waals surface area (Å²) in [6.45, 7) is 4.89. The zero-order valence-electron chi connectivity index (χ0n) is 19.4. The van der Waals surface area contributed by atoms with Crippen molar-refractivity contribution in [1.82, 2.24) is 25.2 Å². The van der Waals surface area contributed by atoms with E-state index in [-0.39, 0.29) is 33.3 Å². The Morgan fingerprint density at radius 1 is 1.23 bits per heavy atom. The molecule has 35 heavy (non-hydrogen) atoms. The van der Waals surface area contributed by atoms with Crippen molar-refractivity contribution in [2.45, 2.75) is 18.3 Å². The second kappa shape index (κ2) is 10.4. The number of aliphatic hydroxyl groups excluding tert-OH is 1. The summed E-state index contributed by atoms with van der Waals surface area (Å²) in [4.78, 5) is 22.4. The fourth-order valence-corrected chi connectivity index (χ4v) is 4.78. The Labute approximate surface area is 211 Å². The Kier molecular flexibility index (Phi) is 7.48. The summed E-state index contributed by atoms with van der Waals surface area (Å²) in [6, 6.07) is 3.06. The Bertz CT molecular complexity index is 1300. The first-order valence-corrected chi connectivity index (χ1v) is 11.6. The van der Waals surface area contributed by atoms with Crippen molar-refractivity contribution in [2.24, 2.45) is 7.05 Å². The molecule has 0 spiro atoms. The van der Waals surface area contributed by atoms with Crippen LogP contribution >= 0.6 is 23.2 Å². The number of aromatic nitrogens is 3. The Morgan fingerprint density at radius 2 is 1.89 bits per heavy atom. The number of aryl methyl sites for hydroxylation is 1. The van der Waals surface area contributed by atoms with E-state index in [2.05, 4.69) is 32.5 Å². The first kappa shape index (κ1) is 25.2.